The minimum absolute atomic E-state index is 0.469. The number of carbonyl (C=O) groups excluding carboxylic acids is 1. The largest absolute Gasteiger partial charge is 0.465 e. The van der Waals surface area contributed by atoms with Crippen LogP contribution in [0.3, 0.4) is 0 Å². The van der Waals surface area contributed by atoms with Gasteiger partial charge in [-0.15, -0.1) is 4.89 Å². The van der Waals surface area contributed by atoms with E-state index in [-0.39, 0.29) is 0 Å². The zero-order valence-electron chi connectivity index (χ0n) is 9.41. The van der Waals surface area contributed by atoms with Gasteiger partial charge in [0, 0.05) is 13.3 Å². The van der Waals surface area contributed by atoms with Crippen LogP contribution in [0.5, 0.6) is 0 Å². The molecule has 1 aliphatic rings. The molecule has 1 atom stereocenters. The summed E-state index contributed by atoms with van der Waals surface area (Å²) < 4.78 is 4.56. The molecule has 0 bridgehead atoms. The predicted molar refractivity (Wildman–Crippen MR) is 54.2 cm³/mol. The third-order valence-corrected chi connectivity index (χ3v) is 2.20. The molecule has 5 nitrogen and oxygen atoms in total. The minimum atomic E-state index is -1.32. The van der Waals surface area contributed by atoms with E-state index in [1.54, 1.807) is 0 Å². The van der Waals surface area contributed by atoms with Crippen LogP contribution < -0.4 is 0 Å². The normalized spacial score (nSPS) is 24.6. The highest BCUT2D eigenvalue weighted by molar-refractivity contribution is 5.86. The number of carbonyl (C=O) groups is 1. The molecule has 0 radical (unpaired) electrons. The molecule has 1 unspecified atom stereocenters. The molecule has 15 heavy (non-hydrogen) atoms. The average Bonchev–Trinajstić information content (AvgIpc) is 2.61. The van der Waals surface area contributed by atoms with Gasteiger partial charge in [0.25, 0.3) is 0 Å². The Morgan fingerprint density at radius 2 is 2.27 bits per heavy atom. The van der Waals surface area contributed by atoms with E-state index in [4.69, 9.17) is 9.78 Å². The van der Waals surface area contributed by atoms with E-state index < -0.39 is 11.7 Å². The van der Waals surface area contributed by atoms with Crippen molar-refractivity contribution < 1.29 is 19.3 Å². The van der Waals surface area contributed by atoms with E-state index in [0.717, 1.165) is 19.3 Å². The number of unbranched alkanes of at least 4 members (excludes halogenated alkanes) is 2. The topological polar surface area (TPSA) is 57.1 Å². The first-order valence-electron chi connectivity index (χ1n) is 5.15. The van der Waals surface area contributed by atoms with Crippen LogP contribution in [0.1, 0.15) is 39.5 Å². The van der Waals surface area contributed by atoms with Gasteiger partial charge in [-0.25, -0.2) is 9.79 Å². The minimum Gasteiger partial charge on any atom is -0.465 e. The molecule has 0 aromatic carbocycles. The summed E-state index contributed by atoms with van der Waals surface area (Å²) in [6.45, 7) is 3.64. The summed E-state index contributed by atoms with van der Waals surface area (Å²) in [4.78, 5) is 25.1. The maximum atomic E-state index is 11.3. The van der Waals surface area contributed by atoms with Crippen LogP contribution in [0, 0.1) is 0 Å². The van der Waals surface area contributed by atoms with Crippen molar-refractivity contribution in [3.63, 3.8) is 0 Å². The summed E-state index contributed by atoms with van der Waals surface area (Å²) in [7, 11) is 1.29. The molecular formula is C10H17NO4. The smallest absolute Gasteiger partial charge is 0.365 e. The van der Waals surface area contributed by atoms with Crippen molar-refractivity contribution in [2.75, 3.05) is 7.11 Å². The Bertz CT molecular complexity index is 264. The van der Waals surface area contributed by atoms with Crippen LogP contribution in [-0.2, 0) is 19.3 Å². The monoisotopic (exact) mass is 215 g/mol. The first-order chi connectivity index (χ1) is 7.12. The van der Waals surface area contributed by atoms with Gasteiger partial charge in [-0.1, -0.05) is 19.8 Å². The second-order valence-electron chi connectivity index (χ2n) is 3.60. The lowest BCUT2D eigenvalue weighted by molar-refractivity contribution is -0.274. The standard InChI is InChI=1S/C10H17NO4/c1-4-5-6-7-8-11-10(2,15-14-8)9(12)13-3/h4-7H2,1-3H3. The molecule has 0 saturated carbocycles. The molecule has 0 amide bonds. The van der Waals surface area contributed by atoms with E-state index in [0.29, 0.717) is 12.3 Å². The lowest BCUT2D eigenvalue weighted by atomic mass is 10.2. The van der Waals surface area contributed by atoms with E-state index in [1.807, 2.05) is 0 Å². The molecule has 0 aliphatic carbocycles. The van der Waals surface area contributed by atoms with Crippen LogP contribution in [-0.4, -0.2) is 24.7 Å². The summed E-state index contributed by atoms with van der Waals surface area (Å²) in [5, 5.41) is 0. The molecule has 86 valence electrons. The maximum Gasteiger partial charge on any atom is 0.365 e. The molecule has 5 heteroatoms. The summed E-state index contributed by atoms with van der Waals surface area (Å²) in [6, 6.07) is 0. The molecule has 0 N–H and O–H groups in total. The van der Waals surface area contributed by atoms with Crippen molar-refractivity contribution in [2.45, 2.75) is 45.3 Å². The first kappa shape index (κ1) is 12.0. The Kier molecular flexibility index (Phi) is 4.08. The van der Waals surface area contributed by atoms with Gasteiger partial charge in [0.1, 0.15) is 0 Å². The van der Waals surface area contributed by atoms with Crippen molar-refractivity contribution in [3.8, 4) is 0 Å². The number of methoxy groups -OCH3 is 1. The number of nitrogens with zero attached hydrogens (tertiary/aromatic N) is 1. The zero-order chi connectivity index (χ0) is 11.3. The Balaban J connectivity index is 2.49. The fourth-order valence-corrected chi connectivity index (χ4v) is 1.30. The van der Waals surface area contributed by atoms with Gasteiger partial charge in [-0.05, 0) is 6.42 Å². The van der Waals surface area contributed by atoms with Crippen molar-refractivity contribution in [1.82, 2.24) is 0 Å². The maximum absolute atomic E-state index is 11.3. The van der Waals surface area contributed by atoms with Gasteiger partial charge in [0.15, 0.2) is 0 Å². The van der Waals surface area contributed by atoms with Gasteiger partial charge in [0.2, 0.25) is 5.90 Å². The van der Waals surface area contributed by atoms with Gasteiger partial charge in [-0.3, -0.25) is 0 Å². The van der Waals surface area contributed by atoms with E-state index in [2.05, 4.69) is 16.7 Å². The van der Waals surface area contributed by atoms with Crippen LogP contribution in [0.25, 0.3) is 0 Å². The third-order valence-electron chi connectivity index (χ3n) is 2.20. The quantitative estimate of drug-likeness (QED) is 0.398. The average molecular weight is 215 g/mol. The number of hydrogen-bond acceptors (Lipinski definition) is 5. The fourth-order valence-electron chi connectivity index (χ4n) is 1.30. The molecule has 1 heterocycles. The molecule has 0 spiro atoms. The molecule has 0 aromatic rings. The Hall–Kier alpha value is -1.10. The lowest BCUT2D eigenvalue weighted by Gasteiger charge is -2.12. The number of ether oxygens (including phenoxy) is 1. The fraction of sp³-hybridized carbons (Fsp3) is 0.800. The number of esters is 1. The second kappa shape index (κ2) is 5.11. The van der Waals surface area contributed by atoms with Gasteiger partial charge in [0.05, 0.1) is 7.11 Å². The Labute approximate surface area is 89.3 Å². The third kappa shape index (κ3) is 2.92. The van der Waals surface area contributed by atoms with Gasteiger partial charge < -0.3 is 9.62 Å². The highest BCUT2D eigenvalue weighted by Gasteiger charge is 2.42. The van der Waals surface area contributed by atoms with Crippen LogP contribution >= 0.6 is 0 Å². The van der Waals surface area contributed by atoms with Crippen LogP contribution in [0.4, 0.5) is 0 Å². The molecule has 1 rings (SSSR count). The first-order valence-corrected chi connectivity index (χ1v) is 5.15. The van der Waals surface area contributed by atoms with Crippen LogP contribution in [0.2, 0.25) is 0 Å². The highest BCUT2D eigenvalue weighted by atomic mass is 17.2. The van der Waals surface area contributed by atoms with Crippen molar-refractivity contribution >= 4 is 11.9 Å². The summed E-state index contributed by atoms with van der Waals surface area (Å²) in [5.74, 6) is -0.0793. The summed E-state index contributed by atoms with van der Waals surface area (Å²) in [5.41, 5.74) is -1.32. The predicted octanol–water partition coefficient (Wildman–Crippen LogP) is 1.82. The zero-order valence-corrected chi connectivity index (χ0v) is 9.41. The molecule has 1 aliphatic heterocycles. The van der Waals surface area contributed by atoms with E-state index in [1.165, 1.54) is 14.0 Å². The van der Waals surface area contributed by atoms with Crippen molar-refractivity contribution in [1.29, 1.82) is 0 Å². The number of aliphatic imine (C=N–C) groups is 1. The van der Waals surface area contributed by atoms with Gasteiger partial charge in [-0.2, -0.15) is 0 Å². The van der Waals surface area contributed by atoms with Crippen molar-refractivity contribution in [2.24, 2.45) is 4.99 Å². The number of hydrogen-bond donors (Lipinski definition) is 0. The SMILES string of the molecule is CCCCCC1=NC(C)(C(=O)OC)OO1. The highest BCUT2D eigenvalue weighted by Crippen LogP contribution is 2.23. The molecular weight excluding hydrogens is 198 g/mol. The second-order valence-corrected chi connectivity index (χ2v) is 3.60. The molecule has 0 aromatic heterocycles. The van der Waals surface area contributed by atoms with Crippen LogP contribution in [0.15, 0.2) is 4.99 Å². The van der Waals surface area contributed by atoms with E-state index in [9.17, 15) is 4.79 Å². The molecule has 0 saturated heterocycles. The Morgan fingerprint density at radius 3 is 2.87 bits per heavy atom. The van der Waals surface area contributed by atoms with Gasteiger partial charge >= 0.3 is 11.7 Å². The molecule has 0 fully saturated rings. The Morgan fingerprint density at radius 1 is 1.53 bits per heavy atom. The van der Waals surface area contributed by atoms with E-state index >= 15 is 0 Å². The summed E-state index contributed by atoms with van der Waals surface area (Å²) >= 11 is 0. The lowest BCUT2D eigenvalue weighted by Crippen LogP contribution is -2.34. The summed E-state index contributed by atoms with van der Waals surface area (Å²) in [6.07, 6.45) is 3.91. The number of rotatable bonds is 5. The van der Waals surface area contributed by atoms with Crippen molar-refractivity contribution in [3.05, 3.63) is 0 Å².